The number of rotatable bonds is 18. The van der Waals surface area contributed by atoms with Gasteiger partial charge in [0.2, 0.25) is 0 Å². The maximum absolute atomic E-state index is 12.5. The summed E-state index contributed by atoms with van der Waals surface area (Å²) in [6.45, 7) is 17.4. The molecule has 0 aliphatic rings. The molecule has 1 N–H and O–H groups in total. The van der Waals surface area contributed by atoms with Crippen LogP contribution in [0.3, 0.4) is 0 Å². The standard InChI is InChI=1S/C36H52O7/c1-26(2)24-42-33(38)35(5,6)17-9-19-40-31-21-29(12-11-28-13-15-30(37)16-14-28)22-32(23-31)41-20-10-18-36(7,8)34(39)43-25-27(3)4/h11-16,21-23,26-27,37H,9-10,17-20,24-25H2,1-8H3/b12-11+. The second-order valence-corrected chi connectivity index (χ2v) is 13.3. The van der Waals surface area contributed by atoms with E-state index in [2.05, 4.69) is 0 Å². The highest BCUT2D eigenvalue weighted by atomic mass is 16.5. The van der Waals surface area contributed by atoms with Gasteiger partial charge in [-0.2, -0.15) is 0 Å². The fourth-order valence-corrected chi connectivity index (χ4v) is 4.12. The Balaban J connectivity index is 2.04. The van der Waals surface area contributed by atoms with E-state index < -0.39 is 10.8 Å². The molecule has 0 atom stereocenters. The Labute approximate surface area is 258 Å². The number of esters is 2. The van der Waals surface area contributed by atoms with Crippen LogP contribution in [-0.2, 0) is 19.1 Å². The highest BCUT2D eigenvalue weighted by molar-refractivity contribution is 5.76. The fraction of sp³-hybridized carbons (Fsp3) is 0.556. The summed E-state index contributed by atoms with van der Waals surface area (Å²) in [6.07, 6.45) is 6.59. The van der Waals surface area contributed by atoms with Crippen molar-refractivity contribution in [2.75, 3.05) is 26.4 Å². The number of hydrogen-bond donors (Lipinski definition) is 1. The van der Waals surface area contributed by atoms with Crippen molar-refractivity contribution in [3.63, 3.8) is 0 Å². The summed E-state index contributed by atoms with van der Waals surface area (Å²) in [6, 6.07) is 12.7. The molecule has 0 saturated heterocycles. The second-order valence-electron chi connectivity index (χ2n) is 13.3. The van der Waals surface area contributed by atoms with Gasteiger partial charge in [0.1, 0.15) is 17.2 Å². The topological polar surface area (TPSA) is 91.3 Å². The van der Waals surface area contributed by atoms with Crippen molar-refractivity contribution in [2.24, 2.45) is 22.7 Å². The van der Waals surface area contributed by atoms with Crippen molar-refractivity contribution in [1.29, 1.82) is 0 Å². The first kappa shape index (κ1) is 35.7. The van der Waals surface area contributed by atoms with Crippen LogP contribution in [0.25, 0.3) is 12.2 Å². The molecule has 0 aliphatic carbocycles. The van der Waals surface area contributed by atoms with E-state index in [1.807, 2.05) is 97.9 Å². The van der Waals surface area contributed by atoms with Crippen molar-refractivity contribution in [3.8, 4) is 17.2 Å². The lowest BCUT2D eigenvalue weighted by Crippen LogP contribution is -2.28. The van der Waals surface area contributed by atoms with E-state index in [0.717, 1.165) is 11.1 Å². The van der Waals surface area contributed by atoms with E-state index in [9.17, 15) is 14.7 Å². The Morgan fingerprint density at radius 1 is 0.698 bits per heavy atom. The molecule has 0 heterocycles. The molecule has 0 aliphatic heterocycles. The summed E-state index contributed by atoms with van der Waals surface area (Å²) in [5.41, 5.74) is 0.674. The molecule has 7 heteroatoms. The van der Waals surface area contributed by atoms with Gasteiger partial charge in [-0.05, 0) is 101 Å². The van der Waals surface area contributed by atoms with Gasteiger partial charge in [0.05, 0.1) is 37.3 Å². The van der Waals surface area contributed by atoms with Gasteiger partial charge in [0.15, 0.2) is 0 Å². The molecule has 2 aromatic carbocycles. The summed E-state index contributed by atoms with van der Waals surface area (Å²) in [5.74, 6) is 1.78. The molecule has 0 saturated carbocycles. The van der Waals surface area contributed by atoms with Gasteiger partial charge in [-0.25, -0.2) is 0 Å². The maximum atomic E-state index is 12.5. The predicted octanol–water partition coefficient (Wildman–Crippen LogP) is 8.33. The minimum absolute atomic E-state index is 0.186. The molecule has 0 bridgehead atoms. The average molecular weight is 597 g/mol. The smallest absolute Gasteiger partial charge is 0.311 e. The first-order chi connectivity index (χ1) is 20.2. The van der Waals surface area contributed by atoms with Crippen LogP contribution < -0.4 is 9.47 Å². The van der Waals surface area contributed by atoms with Gasteiger partial charge in [-0.3, -0.25) is 9.59 Å². The lowest BCUT2D eigenvalue weighted by atomic mass is 9.88. The van der Waals surface area contributed by atoms with Gasteiger partial charge < -0.3 is 24.1 Å². The zero-order valence-electron chi connectivity index (χ0n) is 27.4. The molecule has 0 unspecified atom stereocenters. The van der Waals surface area contributed by atoms with Crippen LogP contribution in [0, 0.1) is 22.7 Å². The van der Waals surface area contributed by atoms with Crippen LogP contribution in [0.4, 0.5) is 0 Å². The summed E-state index contributed by atoms with van der Waals surface area (Å²) in [5, 5.41) is 9.57. The van der Waals surface area contributed by atoms with Gasteiger partial charge >= 0.3 is 11.9 Å². The van der Waals surface area contributed by atoms with Crippen molar-refractivity contribution >= 4 is 24.1 Å². The Bertz CT molecular complexity index is 1110. The highest BCUT2D eigenvalue weighted by Crippen LogP contribution is 2.29. The molecule has 2 rings (SSSR count). The van der Waals surface area contributed by atoms with Crippen molar-refractivity contribution < 1.29 is 33.6 Å². The third kappa shape index (κ3) is 13.6. The van der Waals surface area contributed by atoms with Crippen LogP contribution in [0.1, 0.15) is 92.2 Å². The average Bonchev–Trinajstić information content (AvgIpc) is 2.94. The molecule has 7 nitrogen and oxygen atoms in total. The molecule has 2 aromatic rings. The zero-order valence-corrected chi connectivity index (χ0v) is 27.4. The number of benzene rings is 2. The molecule has 0 fully saturated rings. The largest absolute Gasteiger partial charge is 0.508 e. The van der Waals surface area contributed by atoms with Crippen molar-refractivity contribution in [2.45, 2.75) is 81.1 Å². The zero-order chi connectivity index (χ0) is 32.0. The number of ether oxygens (including phenoxy) is 4. The van der Waals surface area contributed by atoms with Crippen LogP contribution in [0.2, 0.25) is 0 Å². The van der Waals surface area contributed by atoms with Gasteiger partial charge in [-0.15, -0.1) is 0 Å². The Morgan fingerprint density at radius 2 is 1.12 bits per heavy atom. The van der Waals surface area contributed by atoms with Crippen molar-refractivity contribution in [1.82, 2.24) is 0 Å². The van der Waals surface area contributed by atoms with Gasteiger partial charge in [0.25, 0.3) is 0 Å². The minimum Gasteiger partial charge on any atom is -0.508 e. The minimum atomic E-state index is -0.587. The first-order valence-corrected chi connectivity index (χ1v) is 15.4. The number of phenols is 1. The lowest BCUT2D eigenvalue weighted by Gasteiger charge is -2.23. The van der Waals surface area contributed by atoms with E-state index in [0.29, 0.717) is 75.4 Å². The second kappa shape index (κ2) is 17.0. The van der Waals surface area contributed by atoms with E-state index in [-0.39, 0.29) is 17.7 Å². The van der Waals surface area contributed by atoms with Crippen LogP contribution in [0.15, 0.2) is 42.5 Å². The lowest BCUT2D eigenvalue weighted by molar-refractivity contribution is -0.156. The highest BCUT2D eigenvalue weighted by Gasteiger charge is 2.30. The third-order valence-electron chi connectivity index (χ3n) is 6.89. The summed E-state index contributed by atoms with van der Waals surface area (Å²) >= 11 is 0. The number of carbonyl (C=O) groups is 2. The predicted molar refractivity (Wildman–Crippen MR) is 172 cm³/mol. The number of aromatic hydroxyl groups is 1. The van der Waals surface area contributed by atoms with E-state index in [4.69, 9.17) is 18.9 Å². The monoisotopic (exact) mass is 596 g/mol. The Hall–Kier alpha value is -3.48. The molecular weight excluding hydrogens is 544 g/mol. The van der Waals surface area contributed by atoms with Crippen LogP contribution in [-0.4, -0.2) is 43.5 Å². The first-order valence-electron chi connectivity index (χ1n) is 15.4. The molecule has 0 amide bonds. The summed E-state index contributed by atoms with van der Waals surface area (Å²) in [7, 11) is 0. The Kier molecular flexibility index (Phi) is 14.1. The fourth-order valence-electron chi connectivity index (χ4n) is 4.12. The molecule has 238 valence electrons. The summed E-state index contributed by atoms with van der Waals surface area (Å²) < 4.78 is 23.1. The SMILES string of the molecule is CC(C)COC(=O)C(C)(C)CCCOc1cc(/C=C/c2ccc(O)cc2)cc(OCCCC(C)(C)C(=O)OCC(C)C)c1. The number of hydrogen-bond acceptors (Lipinski definition) is 7. The van der Waals surface area contributed by atoms with Gasteiger partial charge in [0, 0.05) is 6.07 Å². The van der Waals surface area contributed by atoms with Crippen molar-refractivity contribution in [3.05, 3.63) is 53.6 Å². The Morgan fingerprint density at radius 3 is 1.53 bits per heavy atom. The van der Waals surface area contributed by atoms with Crippen LogP contribution >= 0.6 is 0 Å². The quantitative estimate of drug-likeness (QED) is 0.105. The molecule has 0 spiro atoms. The maximum Gasteiger partial charge on any atom is 0.311 e. The number of carbonyl (C=O) groups excluding carboxylic acids is 2. The molecular formula is C36H52O7. The molecule has 0 radical (unpaired) electrons. The van der Waals surface area contributed by atoms with E-state index >= 15 is 0 Å². The molecule has 43 heavy (non-hydrogen) atoms. The van der Waals surface area contributed by atoms with E-state index in [1.54, 1.807) is 12.1 Å². The molecule has 0 aromatic heterocycles. The van der Waals surface area contributed by atoms with Crippen LogP contribution in [0.5, 0.6) is 17.2 Å². The normalized spacial score (nSPS) is 12.1. The van der Waals surface area contributed by atoms with E-state index in [1.165, 1.54) is 0 Å². The summed E-state index contributed by atoms with van der Waals surface area (Å²) in [4.78, 5) is 25.0. The third-order valence-corrected chi connectivity index (χ3v) is 6.89. The van der Waals surface area contributed by atoms with Gasteiger partial charge in [-0.1, -0.05) is 52.0 Å². The number of phenolic OH excluding ortho intramolecular Hbond substituents is 1.